The Morgan fingerprint density at radius 2 is 1.67 bits per heavy atom. The number of nitrogens with zero attached hydrogens (tertiary/aromatic N) is 2. The van der Waals surface area contributed by atoms with Gasteiger partial charge in [0.1, 0.15) is 13.1 Å². The predicted octanol–water partition coefficient (Wildman–Crippen LogP) is 6.57. The molecule has 176 valence electrons. The van der Waals surface area contributed by atoms with Crippen molar-refractivity contribution < 1.29 is 13.6 Å². The first-order valence-corrected chi connectivity index (χ1v) is 12.5. The molecule has 1 saturated carbocycles. The summed E-state index contributed by atoms with van der Waals surface area (Å²) in [5, 5.41) is 0. The number of rotatable bonds is 11. The Morgan fingerprint density at radius 3 is 2.39 bits per heavy atom. The molecule has 33 heavy (non-hydrogen) atoms. The van der Waals surface area contributed by atoms with E-state index in [1.165, 1.54) is 43.2 Å². The summed E-state index contributed by atoms with van der Waals surface area (Å²) in [6, 6.07) is 21.1. The van der Waals surface area contributed by atoms with Gasteiger partial charge in [-0.15, -0.1) is 0 Å². The lowest BCUT2D eigenvalue weighted by Crippen LogP contribution is -2.41. The molecule has 1 aliphatic rings. The van der Waals surface area contributed by atoms with Gasteiger partial charge >= 0.3 is 0 Å². The molecule has 0 saturated heterocycles. The van der Waals surface area contributed by atoms with Crippen molar-refractivity contribution in [3.8, 4) is 0 Å². The Balaban J connectivity index is 1.35. The van der Waals surface area contributed by atoms with E-state index in [2.05, 4.69) is 68.7 Å². The number of oxazole rings is 1. The maximum atomic E-state index is 6.39. The minimum Gasteiger partial charge on any atom is -0.439 e. The topological polar surface area (TPSA) is 35.3 Å². The Kier molecular flexibility index (Phi) is 8.35. The van der Waals surface area contributed by atoms with Crippen molar-refractivity contribution in [2.24, 2.45) is 5.92 Å². The minimum absolute atomic E-state index is 0.243. The molecule has 1 unspecified atom stereocenters. The maximum Gasteiger partial charge on any atom is 0.202 e. The molecule has 1 fully saturated rings. The summed E-state index contributed by atoms with van der Waals surface area (Å²) in [5.41, 5.74) is 2.53. The summed E-state index contributed by atoms with van der Waals surface area (Å²) in [5.74, 6) is 2.85. The van der Waals surface area contributed by atoms with Gasteiger partial charge in [-0.05, 0) is 23.5 Å². The normalized spacial score (nSPS) is 16.1. The van der Waals surface area contributed by atoms with Crippen LogP contribution in [0.3, 0.4) is 0 Å². The van der Waals surface area contributed by atoms with Gasteiger partial charge in [-0.25, -0.2) is 4.98 Å². The highest BCUT2D eigenvalue weighted by Gasteiger charge is 2.26. The standard InChI is InChI=1S/C29H39N2O2/c1-31(2,18-19-32-23-25-14-8-4-9-15-25)22-27-21-30-29(33-27)28(26-16-10-5-11-17-26)20-24-12-6-3-7-13-24/h4-5,8-11,14-17,21,24,28H,3,6-7,12-13,18-20,22-23H2,1-2H3/q+1. The van der Waals surface area contributed by atoms with Crippen LogP contribution in [0.15, 0.2) is 71.3 Å². The monoisotopic (exact) mass is 447 g/mol. The molecule has 0 radical (unpaired) electrons. The molecule has 1 atom stereocenters. The Morgan fingerprint density at radius 1 is 0.970 bits per heavy atom. The zero-order valence-corrected chi connectivity index (χ0v) is 20.3. The number of ether oxygens (including phenoxy) is 1. The summed E-state index contributed by atoms with van der Waals surface area (Å²) in [4.78, 5) is 4.77. The molecule has 4 rings (SSSR count). The van der Waals surface area contributed by atoms with E-state index >= 15 is 0 Å². The first kappa shape index (κ1) is 23.7. The van der Waals surface area contributed by atoms with Crippen LogP contribution in [0, 0.1) is 5.92 Å². The number of quaternary nitrogens is 1. The molecular weight excluding hydrogens is 408 g/mol. The van der Waals surface area contributed by atoms with Crippen molar-refractivity contribution in [3.05, 3.63) is 89.6 Å². The predicted molar refractivity (Wildman–Crippen MR) is 133 cm³/mol. The van der Waals surface area contributed by atoms with Crippen molar-refractivity contribution in [2.75, 3.05) is 27.2 Å². The third-order valence-electron chi connectivity index (χ3n) is 6.90. The van der Waals surface area contributed by atoms with Crippen molar-refractivity contribution in [1.29, 1.82) is 0 Å². The number of hydrogen-bond acceptors (Lipinski definition) is 3. The van der Waals surface area contributed by atoms with E-state index in [1.54, 1.807) is 0 Å². The molecule has 4 nitrogen and oxygen atoms in total. The molecule has 2 aromatic carbocycles. The number of hydrogen-bond donors (Lipinski definition) is 0. The molecule has 0 N–H and O–H groups in total. The van der Waals surface area contributed by atoms with Gasteiger partial charge in [0.25, 0.3) is 0 Å². The van der Waals surface area contributed by atoms with Gasteiger partial charge < -0.3 is 13.6 Å². The van der Waals surface area contributed by atoms with E-state index in [9.17, 15) is 0 Å². The van der Waals surface area contributed by atoms with E-state index in [-0.39, 0.29) is 5.92 Å². The molecule has 4 heteroatoms. The fraction of sp³-hybridized carbons (Fsp3) is 0.483. The van der Waals surface area contributed by atoms with Gasteiger partial charge in [0.05, 0.1) is 39.4 Å². The third kappa shape index (κ3) is 7.28. The van der Waals surface area contributed by atoms with Crippen LogP contribution in [-0.4, -0.2) is 36.7 Å². The van der Waals surface area contributed by atoms with E-state index in [0.29, 0.717) is 6.61 Å². The van der Waals surface area contributed by atoms with Crippen LogP contribution >= 0.6 is 0 Å². The summed E-state index contributed by atoms with van der Waals surface area (Å²) >= 11 is 0. The summed E-state index contributed by atoms with van der Waals surface area (Å²) < 4.78 is 13.1. The van der Waals surface area contributed by atoms with Crippen molar-refractivity contribution in [2.45, 2.75) is 57.6 Å². The molecule has 1 aromatic heterocycles. The van der Waals surface area contributed by atoms with Crippen molar-refractivity contribution in [1.82, 2.24) is 4.98 Å². The largest absolute Gasteiger partial charge is 0.439 e. The van der Waals surface area contributed by atoms with Crippen LogP contribution in [0.1, 0.15) is 67.2 Å². The van der Waals surface area contributed by atoms with Gasteiger partial charge in [0.2, 0.25) is 5.89 Å². The molecule has 3 aromatic rings. The second-order valence-electron chi connectivity index (χ2n) is 10.2. The number of aromatic nitrogens is 1. The fourth-order valence-corrected chi connectivity index (χ4v) is 4.95. The van der Waals surface area contributed by atoms with Gasteiger partial charge in [-0.3, -0.25) is 0 Å². The zero-order chi connectivity index (χ0) is 22.9. The molecule has 0 bridgehead atoms. The van der Waals surface area contributed by atoms with Gasteiger partial charge in [-0.2, -0.15) is 0 Å². The highest BCUT2D eigenvalue weighted by atomic mass is 16.5. The Hall–Kier alpha value is -2.43. The van der Waals surface area contributed by atoms with Crippen molar-refractivity contribution in [3.63, 3.8) is 0 Å². The summed E-state index contributed by atoms with van der Waals surface area (Å²) in [7, 11) is 4.45. The van der Waals surface area contributed by atoms with E-state index in [0.717, 1.165) is 48.2 Å². The molecular formula is C29H39N2O2+. The van der Waals surface area contributed by atoms with E-state index < -0.39 is 0 Å². The molecule has 0 spiro atoms. The van der Waals surface area contributed by atoms with E-state index in [4.69, 9.17) is 14.1 Å². The first-order valence-electron chi connectivity index (χ1n) is 12.5. The SMILES string of the molecule is C[N+](C)(CCOCc1ccccc1)Cc1cnc(C(CC2CCCCC2)c2ccccc2)o1. The molecule has 0 aliphatic heterocycles. The first-order chi connectivity index (χ1) is 16.1. The van der Waals surface area contributed by atoms with Crippen LogP contribution in [0.2, 0.25) is 0 Å². The van der Waals surface area contributed by atoms with Crippen LogP contribution in [0.4, 0.5) is 0 Å². The van der Waals surface area contributed by atoms with E-state index in [1.807, 2.05) is 12.3 Å². The Labute approximate surface area is 199 Å². The van der Waals surface area contributed by atoms with Crippen LogP contribution < -0.4 is 0 Å². The van der Waals surface area contributed by atoms with Gasteiger partial charge in [0.15, 0.2) is 5.76 Å². The van der Waals surface area contributed by atoms with Crippen LogP contribution in [0.25, 0.3) is 0 Å². The second-order valence-corrected chi connectivity index (χ2v) is 10.2. The zero-order valence-electron chi connectivity index (χ0n) is 20.3. The average molecular weight is 448 g/mol. The van der Waals surface area contributed by atoms with Crippen molar-refractivity contribution >= 4 is 0 Å². The fourth-order valence-electron chi connectivity index (χ4n) is 4.95. The number of benzene rings is 2. The summed E-state index contributed by atoms with van der Waals surface area (Å²) in [6.07, 6.45) is 9.86. The Bertz CT molecular complexity index is 946. The lowest BCUT2D eigenvalue weighted by Gasteiger charge is -2.28. The number of likely N-dealkylation sites (N-methyl/N-ethyl adjacent to an activating group) is 1. The molecule has 1 heterocycles. The molecule has 1 aliphatic carbocycles. The second kappa shape index (κ2) is 11.6. The maximum absolute atomic E-state index is 6.39. The van der Waals surface area contributed by atoms with Crippen LogP contribution in [0.5, 0.6) is 0 Å². The molecule has 0 amide bonds. The highest BCUT2D eigenvalue weighted by Crippen LogP contribution is 2.36. The van der Waals surface area contributed by atoms with Crippen LogP contribution in [-0.2, 0) is 17.9 Å². The third-order valence-corrected chi connectivity index (χ3v) is 6.90. The smallest absolute Gasteiger partial charge is 0.202 e. The average Bonchev–Trinajstić information content (AvgIpc) is 3.29. The minimum atomic E-state index is 0.243. The summed E-state index contributed by atoms with van der Waals surface area (Å²) in [6.45, 7) is 3.12. The highest BCUT2D eigenvalue weighted by molar-refractivity contribution is 5.25. The van der Waals surface area contributed by atoms with Gasteiger partial charge in [0, 0.05) is 0 Å². The van der Waals surface area contributed by atoms with Gasteiger partial charge in [-0.1, -0.05) is 92.8 Å². The lowest BCUT2D eigenvalue weighted by molar-refractivity contribution is -0.905. The quantitative estimate of drug-likeness (QED) is 0.246. The lowest BCUT2D eigenvalue weighted by atomic mass is 9.80.